The summed E-state index contributed by atoms with van der Waals surface area (Å²) in [5.41, 5.74) is -1.61. The van der Waals surface area contributed by atoms with Gasteiger partial charge in [-0.3, -0.25) is 14.4 Å². The van der Waals surface area contributed by atoms with Crippen LogP contribution in [0, 0.1) is 16.7 Å². The van der Waals surface area contributed by atoms with Gasteiger partial charge in [-0.2, -0.15) is 0 Å². The molecule has 0 aromatic heterocycles. The number of ketones is 2. The van der Waals surface area contributed by atoms with Crippen LogP contribution >= 0.6 is 0 Å². The van der Waals surface area contributed by atoms with Gasteiger partial charge in [0.2, 0.25) is 17.5 Å². The number of rotatable bonds is 1. The molecule has 0 heterocycles. The highest BCUT2D eigenvalue weighted by molar-refractivity contribution is 6.47. The van der Waals surface area contributed by atoms with Crippen LogP contribution in [0.3, 0.4) is 0 Å². The highest BCUT2D eigenvalue weighted by Gasteiger charge is 2.72. The number of fused-ring (bicyclic) bond motifs is 2. The normalized spacial score (nSPS) is 35.6. The first-order valence-electron chi connectivity index (χ1n) is 5.57. The van der Waals surface area contributed by atoms with Gasteiger partial charge < -0.3 is 4.90 Å². The van der Waals surface area contributed by atoms with Gasteiger partial charge in [0.05, 0.1) is 0 Å². The number of carbonyl (C=O) groups excluding carboxylic acids is 3. The number of Topliss-reactive ketones (excluding diaryl/α,β-unsaturated/α-hetero) is 2. The molecule has 2 aliphatic rings. The monoisotopic (exact) mass is 223 g/mol. The third-order valence-corrected chi connectivity index (χ3v) is 4.48. The fourth-order valence-corrected chi connectivity index (χ4v) is 3.44. The maximum Gasteiger partial charge on any atom is 0.236 e. The van der Waals surface area contributed by atoms with E-state index in [4.69, 9.17) is 0 Å². The molecule has 1 amide bonds. The number of hydrogen-bond donors (Lipinski definition) is 0. The lowest BCUT2D eigenvalue weighted by Crippen LogP contribution is -2.49. The fourth-order valence-electron chi connectivity index (χ4n) is 3.44. The lowest BCUT2D eigenvalue weighted by atomic mass is 9.68. The number of nitrogens with zero attached hydrogens (tertiary/aromatic N) is 1. The zero-order valence-corrected chi connectivity index (χ0v) is 10.2. The summed E-state index contributed by atoms with van der Waals surface area (Å²) in [5.74, 6) is -1.28. The van der Waals surface area contributed by atoms with E-state index >= 15 is 0 Å². The van der Waals surface area contributed by atoms with E-state index in [-0.39, 0.29) is 17.6 Å². The molecule has 0 spiro atoms. The summed E-state index contributed by atoms with van der Waals surface area (Å²) in [7, 11) is 3.27. The van der Waals surface area contributed by atoms with Gasteiger partial charge in [-0.15, -0.1) is 0 Å². The van der Waals surface area contributed by atoms with Gasteiger partial charge in [-0.25, -0.2) is 0 Å². The second-order valence-corrected chi connectivity index (χ2v) is 5.61. The minimum absolute atomic E-state index is 0.212. The molecule has 0 radical (unpaired) electrons. The molecule has 2 saturated carbocycles. The molecule has 0 aromatic rings. The summed E-state index contributed by atoms with van der Waals surface area (Å²) in [4.78, 5) is 37.5. The van der Waals surface area contributed by atoms with Gasteiger partial charge in [-0.1, -0.05) is 13.8 Å². The van der Waals surface area contributed by atoms with Crippen LogP contribution < -0.4 is 0 Å². The lowest BCUT2D eigenvalue weighted by molar-refractivity contribution is -0.153. The zero-order valence-electron chi connectivity index (χ0n) is 10.2. The highest BCUT2D eigenvalue weighted by Crippen LogP contribution is 2.62. The van der Waals surface area contributed by atoms with Crippen molar-refractivity contribution in [1.82, 2.24) is 4.90 Å². The summed E-state index contributed by atoms with van der Waals surface area (Å²) >= 11 is 0. The van der Waals surface area contributed by atoms with Gasteiger partial charge in [0.1, 0.15) is 5.41 Å². The molecule has 2 aliphatic carbocycles. The molecule has 2 atom stereocenters. The second-order valence-electron chi connectivity index (χ2n) is 5.61. The predicted molar refractivity (Wildman–Crippen MR) is 57.6 cm³/mol. The summed E-state index contributed by atoms with van der Waals surface area (Å²) in [5, 5.41) is 0. The van der Waals surface area contributed by atoms with E-state index in [9.17, 15) is 14.4 Å². The minimum Gasteiger partial charge on any atom is -0.348 e. The van der Waals surface area contributed by atoms with E-state index in [1.807, 2.05) is 13.8 Å². The van der Waals surface area contributed by atoms with E-state index in [2.05, 4.69) is 0 Å². The summed E-state index contributed by atoms with van der Waals surface area (Å²) in [6, 6.07) is 0. The molecule has 16 heavy (non-hydrogen) atoms. The van der Waals surface area contributed by atoms with Gasteiger partial charge in [0, 0.05) is 20.0 Å². The Morgan fingerprint density at radius 1 is 1.31 bits per heavy atom. The molecule has 2 bridgehead atoms. The number of carbonyl (C=O) groups is 3. The molecule has 4 nitrogen and oxygen atoms in total. The largest absolute Gasteiger partial charge is 0.348 e. The van der Waals surface area contributed by atoms with Gasteiger partial charge in [-0.05, 0) is 18.3 Å². The molecule has 2 rings (SSSR count). The molecular formula is C12H17NO3. The molecule has 2 fully saturated rings. The van der Waals surface area contributed by atoms with Crippen molar-refractivity contribution < 1.29 is 14.4 Å². The van der Waals surface area contributed by atoms with Crippen LogP contribution in [-0.4, -0.2) is 36.5 Å². The molecule has 0 aliphatic heterocycles. The Balaban J connectivity index is 2.58. The topological polar surface area (TPSA) is 54.5 Å². The molecule has 88 valence electrons. The summed E-state index contributed by atoms with van der Waals surface area (Å²) in [6.07, 6.45) is 1.18. The van der Waals surface area contributed by atoms with E-state index in [0.29, 0.717) is 12.8 Å². The smallest absolute Gasteiger partial charge is 0.236 e. The van der Waals surface area contributed by atoms with Crippen molar-refractivity contribution in [3.63, 3.8) is 0 Å². The molecule has 0 aromatic carbocycles. The minimum atomic E-state index is -1.09. The van der Waals surface area contributed by atoms with Crippen LogP contribution in [0.1, 0.15) is 26.7 Å². The van der Waals surface area contributed by atoms with Crippen molar-refractivity contribution in [1.29, 1.82) is 0 Å². The van der Waals surface area contributed by atoms with Crippen molar-refractivity contribution in [3.05, 3.63) is 0 Å². The number of hydrogen-bond acceptors (Lipinski definition) is 3. The molecule has 0 unspecified atom stereocenters. The maximum absolute atomic E-state index is 12.2. The van der Waals surface area contributed by atoms with Gasteiger partial charge in [0.25, 0.3) is 0 Å². The Bertz CT molecular complexity index is 397. The van der Waals surface area contributed by atoms with Gasteiger partial charge >= 0.3 is 0 Å². The first kappa shape index (κ1) is 11.3. The van der Waals surface area contributed by atoms with Crippen LogP contribution in [-0.2, 0) is 14.4 Å². The SMILES string of the molecule is CN(C)C(=O)[C@@]12CC[C@@H](C(=O)C1=O)C2(C)C. The number of amides is 1. The maximum atomic E-state index is 12.2. The standard InChI is InChI=1S/C12H17NO3/c1-11(2)7-5-6-12(11,9(15)8(7)14)10(16)13(3)4/h7H,5-6H2,1-4H3/t7-,12+/m0/s1. The Morgan fingerprint density at radius 3 is 2.25 bits per heavy atom. The first-order chi connectivity index (χ1) is 7.26. The van der Waals surface area contributed by atoms with Crippen LogP contribution in [0.25, 0.3) is 0 Å². The summed E-state index contributed by atoms with van der Waals surface area (Å²) in [6.45, 7) is 3.74. The van der Waals surface area contributed by atoms with Crippen molar-refractivity contribution >= 4 is 17.5 Å². The van der Waals surface area contributed by atoms with Crippen molar-refractivity contribution in [2.24, 2.45) is 16.7 Å². The molecular weight excluding hydrogens is 206 g/mol. The Labute approximate surface area is 95.0 Å². The van der Waals surface area contributed by atoms with E-state index in [0.717, 1.165) is 0 Å². The zero-order chi connectivity index (χ0) is 12.3. The van der Waals surface area contributed by atoms with Crippen LogP contribution in [0.4, 0.5) is 0 Å². The van der Waals surface area contributed by atoms with E-state index in [1.165, 1.54) is 4.90 Å². The predicted octanol–water partition coefficient (Wildman–Crippen LogP) is 0.649. The average molecular weight is 223 g/mol. The van der Waals surface area contributed by atoms with Crippen molar-refractivity contribution in [3.8, 4) is 0 Å². The van der Waals surface area contributed by atoms with Gasteiger partial charge in [0.15, 0.2) is 0 Å². The fraction of sp³-hybridized carbons (Fsp3) is 0.750. The second kappa shape index (κ2) is 2.93. The Hall–Kier alpha value is -1.19. The average Bonchev–Trinajstić information content (AvgIpc) is 2.53. The molecule has 4 heteroatoms. The summed E-state index contributed by atoms with van der Waals surface area (Å²) < 4.78 is 0. The van der Waals surface area contributed by atoms with Crippen LogP contribution in [0.2, 0.25) is 0 Å². The molecule has 0 N–H and O–H groups in total. The molecule has 0 saturated heterocycles. The van der Waals surface area contributed by atoms with Crippen LogP contribution in [0.15, 0.2) is 0 Å². The third kappa shape index (κ3) is 0.931. The first-order valence-corrected chi connectivity index (χ1v) is 5.57. The Morgan fingerprint density at radius 2 is 1.88 bits per heavy atom. The quantitative estimate of drug-likeness (QED) is 0.484. The highest BCUT2D eigenvalue weighted by atomic mass is 16.2. The Kier molecular flexibility index (Phi) is 2.07. The van der Waals surface area contributed by atoms with E-state index in [1.54, 1.807) is 14.1 Å². The third-order valence-electron chi connectivity index (χ3n) is 4.48. The van der Waals surface area contributed by atoms with Crippen molar-refractivity contribution in [2.75, 3.05) is 14.1 Å². The van der Waals surface area contributed by atoms with Crippen LogP contribution in [0.5, 0.6) is 0 Å². The lowest BCUT2D eigenvalue weighted by Gasteiger charge is -2.35. The van der Waals surface area contributed by atoms with Crippen molar-refractivity contribution in [2.45, 2.75) is 26.7 Å². The van der Waals surface area contributed by atoms with E-state index < -0.39 is 16.6 Å².